The quantitative estimate of drug-likeness (QED) is 0.525. The zero-order valence-electron chi connectivity index (χ0n) is 14.7. The van der Waals surface area contributed by atoms with Crippen molar-refractivity contribution in [3.8, 4) is 22.5 Å². The number of tetrazole rings is 1. The van der Waals surface area contributed by atoms with Crippen molar-refractivity contribution in [3.05, 3.63) is 90.0 Å². The summed E-state index contributed by atoms with van der Waals surface area (Å²) in [6, 6.07) is 27.2. The molecule has 0 radical (unpaired) electrons. The van der Waals surface area contributed by atoms with Gasteiger partial charge in [-0.2, -0.15) is 0 Å². The van der Waals surface area contributed by atoms with Gasteiger partial charge in [0.05, 0.1) is 6.54 Å². The van der Waals surface area contributed by atoms with E-state index in [1.165, 1.54) is 16.7 Å². The fourth-order valence-corrected chi connectivity index (χ4v) is 3.11. The van der Waals surface area contributed by atoms with Crippen LogP contribution in [0.5, 0.6) is 0 Å². The van der Waals surface area contributed by atoms with E-state index in [1.54, 1.807) is 0 Å². The highest BCUT2D eigenvalue weighted by molar-refractivity contribution is 6.08. The molecule has 0 amide bonds. The minimum absolute atomic E-state index is 0.645. The molecule has 0 bridgehead atoms. The van der Waals surface area contributed by atoms with Crippen LogP contribution >= 0.6 is 0 Å². The van der Waals surface area contributed by atoms with Crippen molar-refractivity contribution in [3.63, 3.8) is 0 Å². The van der Waals surface area contributed by atoms with Crippen LogP contribution in [0.1, 0.15) is 11.1 Å². The van der Waals surface area contributed by atoms with Crippen molar-refractivity contribution in [2.45, 2.75) is 12.9 Å². The first kappa shape index (κ1) is 16.3. The van der Waals surface area contributed by atoms with E-state index >= 15 is 0 Å². The van der Waals surface area contributed by atoms with Gasteiger partial charge in [0, 0.05) is 5.56 Å². The summed E-state index contributed by atoms with van der Waals surface area (Å²) in [7, 11) is 2.17. The molecule has 26 heavy (non-hydrogen) atoms. The number of hydrogen-bond acceptors (Lipinski definition) is 3. The third-order valence-corrected chi connectivity index (χ3v) is 4.55. The summed E-state index contributed by atoms with van der Waals surface area (Å²) in [5, 5.41) is 12.4. The maximum atomic E-state index is 4.30. The summed E-state index contributed by atoms with van der Waals surface area (Å²) in [4.78, 5) is 0. The van der Waals surface area contributed by atoms with E-state index in [4.69, 9.17) is 0 Å². The summed E-state index contributed by atoms with van der Waals surface area (Å²) in [6.45, 7) is 0.645. The van der Waals surface area contributed by atoms with Crippen molar-refractivity contribution < 1.29 is 0 Å². The standard InChI is InChI=1S/C21H19BN4/c22-14-16-10-12-18(13-11-16)19-8-4-5-9-20(19)21-23-24-25-26(21)15-17-6-2-1-3-7-17/h1-13H,14-15,22H2. The first-order chi connectivity index (χ1) is 12.8. The average molecular weight is 338 g/mol. The molecule has 3 aromatic carbocycles. The minimum Gasteiger partial charge on any atom is -0.221 e. The molecule has 1 heterocycles. The van der Waals surface area contributed by atoms with E-state index < -0.39 is 0 Å². The summed E-state index contributed by atoms with van der Waals surface area (Å²) in [5.41, 5.74) is 5.86. The number of benzene rings is 3. The van der Waals surface area contributed by atoms with Gasteiger partial charge in [-0.25, -0.2) is 4.68 Å². The van der Waals surface area contributed by atoms with Crippen LogP contribution < -0.4 is 0 Å². The molecule has 4 nitrogen and oxygen atoms in total. The molecule has 4 aromatic rings. The maximum absolute atomic E-state index is 4.30. The molecule has 5 heteroatoms. The van der Waals surface area contributed by atoms with Gasteiger partial charge in [0.15, 0.2) is 5.82 Å². The fraction of sp³-hybridized carbons (Fsp3) is 0.0952. The molecule has 0 spiro atoms. The van der Waals surface area contributed by atoms with Gasteiger partial charge >= 0.3 is 0 Å². The monoisotopic (exact) mass is 338 g/mol. The lowest BCUT2D eigenvalue weighted by molar-refractivity contribution is 0.653. The van der Waals surface area contributed by atoms with Crippen LogP contribution in [0, 0.1) is 0 Å². The normalized spacial score (nSPS) is 10.8. The third-order valence-electron chi connectivity index (χ3n) is 4.55. The molecule has 4 rings (SSSR count). The Morgan fingerprint density at radius 3 is 2.15 bits per heavy atom. The molecule has 0 saturated carbocycles. The first-order valence-corrected chi connectivity index (χ1v) is 8.84. The predicted octanol–water partition coefficient (Wildman–Crippen LogP) is 3.19. The van der Waals surface area contributed by atoms with Crippen LogP contribution in [0.3, 0.4) is 0 Å². The largest absolute Gasteiger partial charge is 0.221 e. The molecular weight excluding hydrogens is 319 g/mol. The Kier molecular flexibility index (Phi) is 4.60. The number of nitrogens with zero attached hydrogens (tertiary/aromatic N) is 4. The molecule has 0 fully saturated rings. The number of rotatable bonds is 5. The molecule has 126 valence electrons. The highest BCUT2D eigenvalue weighted by atomic mass is 15.5. The molecule has 0 aliphatic rings. The van der Waals surface area contributed by atoms with Crippen LogP contribution in [0.4, 0.5) is 0 Å². The van der Waals surface area contributed by atoms with Crippen LogP contribution in [0.15, 0.2) is 78.9 Å². The van der Waals surface area contributed by atoms with E-state index in [1.807, 2.05) is 28.9 Å². The van der Waals surface area contributed by atoms with Crippen molar-refractivity contribution >= 4 is 7.85 Å². The summed E-state index contributed by atoms with van der Waals surface area (Å²) >= 11 is 0. The van der Waals surface area contributed by atoms with Gasteiger partial charge in [-0.1, -0.05) is 90.7 Å². The Labute approximate surface area is 153 Å². The zero-order valence-corrected chi connectivity index (χ0v) is 14.7. The van der Waals surface area contributed by atoms with Crippen LogP contribution in [0.25, 0.3) is 22.5 Å². The van der Waals surface area contributed by atoms with Crippen LogP contribution in [0.2, 0.25) is 0 Å². The van der Waals surface area contributed by atoms with Crippen LogP contribution in [-0.2, 0) is 12.9 Å². The molecule has 0 aliphatic carbocycles. The Morgan fingerprint density at radius 1 is 0.731 bits per heavy atom. The van der Waals surface area contributed by atoms with Gasteiger partial charge < -0.3 is 0 Å². The Balaban J connectivity index is 1.74. The lowest BCUT2D eigenvalue weighted by Gasteiger charge is -2.11. The number of hydrogen-bond donors (Lipinski definition) is 0. The highest BCUT2D eigenvalue weighted by Gasteiger charge is 2.14. The van der Waals surface area contributed by atoms with E-state index in [-0.39, 0.29) is 0 Å². The molecule has 0 atom stereocenters. The lowest BCUT2D eigenvalue weighted by atomic mass is 9.93. The highest BCUT2D eigenvalue weighted by Crippen LogP contribution is 2.30. The molecule has 1 aromatic heterocycles. The van der Waals surface area contributed by atoms with Gasteiger partial charge in [-0.15, -0.1) is 5.10 Å². The van der Waals surface area contributed by atoms with E-state index in [0.29, 0.717) is 6.54 Å². The van der Waals surface area contributed by atoms with E-state index in [2.05, 4.69) is 78.0 Å². The van der Waals surface area contributed by atoms with Gasteiger partial charge in [-0.3, -0.25) is 0 Å². The van der Waals surface area contributed by atoms with Crippen molar-refractivity contribution in [1.29, 1.82) is 0 Å². The van der Waals surface area contributed by atoms with E-state index in [0.717, 1.165) is 23.3 Å². The minimum atomic E-state index is 0.645. The summed E-state index contributed by atoms with van der Waals surface area (Å²) < 4.78 is 1.86. The Hall–Kier alpha value is -3.21. The molecule has 0 N–H and O–H groups in total. The summed E-state index contributed by atoms with van der Waals surface area (Å²) in [5.74, 6) is 0.782. The Bertz CT molecular complexity index is 994. The van der Waals surface area contributed by atoms with Gasteiger partial charge in [0.1, 0.15) is 7.85 Å². The molecule has 0 unspecified atom stereocenters. The van der Waals surface area contributed by atoms with Crippen molar-refractivity contribution in [2.24, 2.45) is 0 Å². The fourth-order valence-electron chi connectivity index (χ4n) is 3.11. The average Bonchev–Trinajstić information content (AvgIpc) is 3.17. The maximum Gasteiger partial charge on any atom is 0.182 e. The number of aromatic nitrogens is 4. The van der Waals surface area contributed by atoms with Crippen molar-refractivity contribution in [2.75, 3.05) is 0 Å². The third kappa shape index (κ3) is 3.29. The second-order valence-corrected chi connectivity index (χ2v) is 6.24. The van der Waals surface area contributed by atoms with Gasteiger partial charge in [0.25, 0.3) is 0 Å². The lowest BCUT2D eigenvalue weighted by Crippen LogP contribution is -2.05. The van der Waals surface area contributed by atoms with Crippen LogP contribution in [-0.4, -0.2) is 28.1 Å². The zero-order chi connectivity index (χ0) is 17.8. The van der Waals surface area contributed by atoms with E-state index in [9.17, 15) is 0 Å². The van der Waals surface area contributed by atoms with Gasteiger partial charge in [0.2, 0.25) is 0 Å². The van der Waals surface area contributed by atoms with Gasteiger partial charge in [-0.05, 0) is 27.1 Å². The van der Waals surface area contributed by atoms with Crippen molar-refractivity contribution in [1.82, 2.24) is 20.2 Å². The second kappa shape index (κ2) is 7.36. The SMILES string of the molecule is BCc1ccc(-c2ccccc2-c2nnnn2Cc2ccccc2)cc1. The first-order valence-electron chi connectivity index (χ1n) is 8.84. The topological polar surface area (TPSA) is 43.6 Å². The second-order valence-electron chi connectivity index (χ2n) is 6.24. The molecule has 0 aliphatic heterocycles. The Morgan fingerprint density at radius 2 is 1.42 bits per heavy atom. The predicted molar refractivity (Wildman–Crippen MR) is 106 cm³/mol. The smallest absolute Gasteiger partial charge is 0.182 e. The molecular formula is C21H19BN4. The summed E-state index contributed by atoms with van der Waals surface area (Å²) in [6.07, 6.45) is 1.04. The molecule has 0 saturated heterocycles.